The number of hydrogen-bond donors (Lipinski definition) is 1. The van der Waals surface area contributed by atoms with Gasteiger partial charge in [0.15, 0.2) is 0 Å². The average Bonchev–Trinajstić information content (AvgIpc) is 2.74. The van der Waals surface area contributed by atoms with E-state index in [2.05, 4.69) is 5.32 Å². The maximum atomic E-state index is 11.2. The van der Waals surface area contributed by atoms with E-state index in [1.165, 1.54) is 6.08 Å². The minimum atomic E-state index is -0.123. The van der Waals surface area contributed by atoms with Crippen LogP contribution in [-0.2, 0) is 9.53 Å². The first-order valence-electron chi connectivity index (χ1n) is 4.81. The zero-order valence-corrected chi connectivity index (χ0v) is 8.73. The fourth-order valence-electron chi connectivity index (χ4n) is 1.03. The van der Waals surface area contributed by atoms with Gasteiger partial charge in [0.25, 0.3) is 0 Å². The van der Waals surface area contributed by atoms with Crippen molar-refractivity contribution in [1.29, 1.82) is 0 Å². The smallest absolute Gasteiger partial charge is 0.244 e. The van der Waals surface area contributed by atoms with Crippen LogP contribution in [-0.4, -0.2) is 26.2 Å². The topological polar surface area (TPSA) is 51.5 Å². The van der Waals surface area contributed by atoms with Crippen LogP contribution in [0.15, 0.2) is 28.9 Å². The maximum absolute atomic E-state index is 11.2. The van der Waals surface area contributed by atoms with Gasteiger partial charge in [-0.3, -0.25) is 4.79 Å². The van der Waals surface area contributed by atoms with Crippen LogP contribution in [0.2, 0.25) is 0 Å². The molecule has 4 heteroatoms. The molecule has 1 heterocycles. The van der Waals surface area contributed by atoms with Crippen molar-refractivity contribution in [2.45, 2.75) is 6.42 Å². The molecule has 1 aromatic rings. The van der Waals surface area contributed by atoms with Crippen molar-refractivity contribution < 1.29 is 13.9 Å². The first kappa shape index (κ1) is 11.5. The van der Waals surface area contributed by atoms with Crippen molar-refractivity contribution in [2.24, 2.45) is 0 Å². The van der Waals surface area contributed by atoms with E-state index in [-0.39, 0.29) is 5.91 Å². The minimum Gasteiger partial charge on any atom is -0.465 e. The molecule has 1 rings (SSSR count). The summed E-state index contributed by atoms with van der Waals surface area (Å²) in [5, 5.41) is 2.73. The summed E-state index contributed by atoms with van der Waals surface area (Å²) in [4.78, 5) is 11.2. The largest absolute Gasteiger partial charge is 0.465 e. The lowest BCUT2D eigenvalue weighted by Crippen LogP contribution is -2.22. The van der Waals surface area contributed by atoms with Crippen LogP contribution in [0.1, 0.15) is 12.2 Å². The highest BCUT2D eigenvalue weighted by Crippen LogP contribution is 2.01. The molecular formula is C11H15NO3. The Balaban J connectivity index is 2.18. The normalized spacial score (nSPS) is 10.7. The first-order chi connectivity index (χ1) is 7.33. The van der Waals surface area contributed by atoms with Crippen molar-refractivity contribution in [3.05, 3.63) is 30.2 Å². The molecule has 82 valence electrons. The highest BCUT2D eigenvalue weighted by molar-refractivity contribution is 5.91. The average molecular weight is 209 g/mol. The Kier molecular flexibility index (Phi) is 5.25. The molecule has 0 saturated heterocycles. The van der Waals surface area contributed by atoms with Crippen LogP contribution in [0.4, 0.5) is 0 Å². The molecule has 1 N–H and O–H groups in total. The number of carbonyl (C=O) groups is 1. The van der Waals surface area contributed by atoms with Gasteiger partial charge < -0.3 is 14.5 Å². The number of carbonyl (C=O) groups excluding carboxylic acids is 1. The second kappa shape index (κ2) is 6.84. The van der Waals surface area contributed by atoms with Gasteiger partial charge in [-0.1, -0.05) is 0 Å². The van der Waals surface area contributed by atoms with E-state index in [9.17, 15) is 4.79 Å². The molecular weight excluding hydrogens is 194 g/mol. The number of furan rings is 1. The first-order valence-corrected chi connectivity index (χ1v) is 4.81. The van der Waals surface area contributed by atoms with Crippen molar-refractivity contribution in [2.75, 3.05) is 20.3 Å². The monoisotopic (exact) mass is 209 g/mol. The fraction of sp³-hybridized carbons (Fsp3) is 0.364. The van der Waals surface area contributed by atoms with Gasteiger partial charge >= 0.3 is 0 Å². The standard InChI is InChI=1S/C11H15NO3/c1-14-8-3-7-12-11(13)6-5-10-4-2-9-15-10/h2,4-6,9H,3,7-8H2,1H3,(H,12,13)/b6-5+. The summed E-state index contributed by atoms with van der Waals surface area (Å²) in [5.41, 5.74) is 0. The summed E-state index contributed by atoms with van der Waals surface area (Å²) in [5.74, 6) is 0.546. The van der Waals surface area contributed by atoms with E-state index in [0.717, 1.165) is 6.42 Å². The number of nitrogens with one attached hydrogen (secondary N) is 1. The van der Waals surface area contributed by atoms with E-state index in [1.807, 2.05) is 0 Å². The van der Waals surface area contributed by atoms with Gasteiger partial charge in [-0.05, 0) is 24.6 Å². The van der Waals surface area contributed by atoms with Crippen molar-refractivity contribution >= 4 is 12.0 Å². The van der Waals surface area contributed by atoms with E-state index >= 15 is 0 Å². The van der Waals surface area contributed by atoms with Crippen molar-refractivity contribution in [3.63, 3.8) is 0 Å². The molecule has 0 atom stereocenters. The predicted octanol–water partition coefficient (Wildman–Crippen LogP) is 1.45. The number of ether oxygens (including phenoxy) is 1. The molecule has 1 amide bonds. The summed E-state index contributed by atoms with van der Waals surface area (Å²) in [7, 11) is 1.64. The van der Waals surface area contributed by atoms with E-state index < -0.39 is 0 Å². The molecule has 0 bridgehead atoms. The predicted molar refractivity (Wildman–Crippen MR) is 57.2 cm³/mol. The molecule has 0 unspecified atom stereocenters. The van der Waals surface area contributed by atoms with Crippen molar-refractivity contribution in [1.82, 2.24) is 5.32 Å². The zero-order chi connectivity index (χ0) is 10.9. The summed E-state index contributed by atoms with van der Waals surface area (Å²) in [6.45, 7) is 1.28. The number of amides is 1. The Morgan fingerprint density at radius 1 is 1.67 bits per heavy atom. The molecule has 0 aliphatic carbocycles. The molecule has 0 fully saturated rings. The number of hydrogen-bond acceptors (Lipinski definition) is 3. The van der Waals surface area contributed by atoms with Crippen molar-refractivity contribution in [3.8, 4) is 0 Å². The van der Waals surface area contributed by atoms with E-state index in [4.69, 9.17) is 9.15 Å². The van der Waals surface area contributed by atoms with Crippen LogP contribution in [0.5, 0.6) is 0 Å². The molecule has 0 aromatic carbocycles. The Labute approximate surface area is 88.9 Å². The fourth-order valence-corrected chi connectivity index (χ4v) is 1.03. The molecule has 15 heavy (non-hydrogen) atoms. The Hall–Kier alpha value is -1.55. The van der Waals surface area contributed by atoms with Gasteiger partial charge in [0, 0.05) is 26.3 Å². The van der Waals surface area contributed by atoms with Crippen LogP contribution >= 0.6 is 0 Å². The summed E-state index contributed by atoms with van der Waals surface area (Å²) in [6.07, 6.45) is 5.46. The van der Waals surface area contributed by atoms with Gasteiger partial charge in [-0.15, -0.1) is 0 Å². The van der Waals surface area contributed by atoms with Crippen LogP contribution in [0.3, 0.4) is 0 Å². The molecule has 0 radical (unpaired) electrons. The number of methoxy groups -OCH3 is 1. The summed E-state index contributed by atoms with van der Waals surface area (Å²) < 4.78 is 9.90. The summed E-state index contributed by atoms with van der Waals surface area (Å²) in [6, 6.07) is 3.56. The van der Waals surface area contributed by atoms with Crippen LogP contribution in [0, 0.1) is 0 Å². The van der Waals surface area contributed by atoms with Gasteiger partial charge in [0.2, 0.25) is 5.91 Å². The Morgan fingerprint density at radius 2 is 2.53 bits per heavy atom. The lowest BCUT2D eigenvalue weighted by Gasteiger charge is -2.00. The highest BCUT2D eigenvalue weighted by atomic mass is 16.5. The van der Waals surface area contributed by atoms with Gasteiger partial charge in [0.1, 0.15) is 5.76 Å². The second-order valence-corrected chi connectivity index (χ2v) is 2.99. The van der Waals surface area contributed by atoms with E-state index in [0.29, 0.717) is 18.9 Å². The third-order valence-corrected chi connectivity index (χ3v) is 1.77. The third-order valence-electron chi connectivity index (χ3n) is 1.77. The zero-order valence-electron chi connectivity index (χ0n) is 8.73. The Morgan fingerprint density at radius 3 is 3.20 bits per heavy atom. The van der Waals surface area contributed by atoms with Gasteiger partial charge in [-0.2, -0.15) is 0 Å². The minimum absolute atomic E-state index is 0.123. The SMILES string of the molecule is COCCCNC(=O)/C=C/c1ccco1. The lowest BCUT2D eigenvalue weighted by atomic mass is 10.3. The maximum Gasteiger partial charge on any atom is 0.244 e. The summed E-state index contributed by atoms with van der Waals surface area (Å²) >= 11 is 0. The quantitative estimate of drug-likeness (QED) is 0.569. The molecule has 0 spiro atoms. The molecule has 0 saturated carbocycles. The molecule has 0 aliphatic rings. The van der Waals surface area contributed by atoms with Crippen LogP contribution < -0.4 is 5.32 Å². The lowest BCUT2D eigenvalue weighted by molar-refractivity contribution is -0.116. The highest BCUT2D eigenvalue weighted by Gasteiger charge is 1.94. The van der Waals surface area contributed by atoms with Crippen LogP contribution in [0.25, 0.3) is 6.08 Å². The van der Waals surface area contributed by atoms with Gasteiger partial charge in [-0.25, -0.2) is 0 Å². The van der Waals surface area contributed by atoms with E-state index in [1.54, 1.807) is 31.6 Å². The second-order valence-electron chi connectivity index (χ2n) is 2.99. The molecule has 4 nitrogen and oxygen atoms in total. The molecule has 1 aromatic heterocycles. The van der Waals surface area contributed by atoms with Gasteiger partial charge in [0.05, 0.1) is 6.26 Å². The molecule has 0 aliphatic heterocycles. The Bertz CT molecular complexity index is 304. The third kappa shape index (κ3) is 5.02. The number of rotatable bonds is 6.